The van der Waals surface area contributed by atoms with Crippen LogP contribution in [0.3, 0.4) is 0 Å². The summed E-state index contributed by atoms with van der Waals surface area (Å²) in [5, 5.41) is 11.3. The van der Waals surface area contributed by atoms with E-state index in [1.165, 1.54) is 11.3 Å². The van der Waals surface area contributed by atoms with Crippen LogP contribution in [0.2, 0.25) is 0 Å². The molecule has 1 aromatic carbocycles. The molecule has 4 heteroatoms. The van der Waals surface area contributed by atoms with Crippen LogP contribution in [0.15, 0.2) is 11.4 Å². The maximum absolute atomic E-state index is 8.84. The number of nitriles is 1. The second-order valence-corrected chi connectivity index (χ2v) is 5.03. The first-order chi connectivity index (χ1) is 8.58. The predicted molar refractivity (Wildman–Crippen MR) is 73.0 cm³/mol. The monoisotopic (exact) mass is 258 g/mol. The number of aryl methyl sites for hydroxylation is 1. The van der Waals surface area contributed by atoms with E-state index in [4.69, 9.17) is 10.00 Å². The van der Waals surface area contributed by atoms with E-state index >= 15 is 0 Å². The van der Waals surface area contributed by atoms with Crippen LogP contribution in [0, 0.1) is 32.1 Å². The van der Waals surface area contributed by atoms with E-state index in [0.717, 1.165) is 33.7 Å². The number of rotatable bonds is 2. The minimum Gasteiger partial charge on any atom is -0.496 e. The molecule has 0 N–H and O–H groups in total. The Balaban J connectivity index is 2.63. The smallest absolute Gasteiger partial charge is 0.194 e. The molecule has 3 nitrogen and oxygen atoms in total. The van der Waals surface area contributed by atoms with E-state index in [0.29, 0.717) is 5.01 Å². The van der Waals surface area contributed by atoms with E-state index in [2.05, 4.69) is 24.0 Å². The molecule has 0 aliphatic carbocycles. The van der Waals surface area contributed by atoms with Gasteiger partial charge in [0, 0.05) is 10.9 Å². The molecule has 2 aromatic rings. The average molecular weight is 258 g/mol. The fourth-order valence-electron chi connectivity index (χ4n) is 2.09. The molecule has 0 saturated carbocycles. The van der Waals surface area contributed by atoms with E-state index in [-0.39, 0.29) is 0 Å². The zero-order valence-corrected chi connectivity index (χ0v) is 11.7. The Kier molecular flexibility index (Phi) is 3.35. The zero-order chi connectivity index (χ0) is 13.3. The Bertz CT molecular complexity index is 638. The number of nitrogens with zero attached hydrogens (tertiary/aromatic N) is 2. The van der Waals surface area contributed by atoms with Crippen LogP contribution in [0.25, 0.3) is 11.3 Å². The predicted octanol–water partition coefficient (Wildman–Crippen LogP) is 3.62. The van der Waals surface area contributed by atoms with Crippen molar-refractivity contribution in [1.82, 2.24) is 4.98 Å². The van der Waals surface area contributed by atoms with E-state index < -0.39 is 0 Å². The van der Waals surface area contributed by atoms with Gasteiger partial charge in [-0.05, 0) is 43.5 Å². The van der Waals surface area contributed by atoms with Crippen molar-refractivity contribution in [3.63, 3.8) is 0 Å². The number of aromatic nitrogens is 1. The highest BCUT2D eigenvalue weighted by Crippen LogP contribution is 2.34. The van der Waals surface area contributed by atoms with Crippen LogP contribution in [-0.4, -0.2) is 12.1 Å². The molecule has 1 aromatic heterocycles. The molecular weight excluding hydrogens is 244 g/mol. The second-order valence-electron chi connectivity index (χ2n) is 4.17. The van der Waals surface area contributed by atoms with E-state index in [1.807, 2.05) is 19.2 Å². The minimum absolute atomic E-state index is 0.496. The summed E-state index contributed by atoms with van der Waals surface area (Å²) in [6, 6.07) is 4.14. The summed E-state index contributed by atoms with van der Waals surface area (Å²) in [4.78, 5) is 4.31. The molecule has 0 fully saturated rings. The van der Waals surface area contributed by atoms with Crippen molar-refractivity contribution in [3.05, 3.63) is 33.1 Å². The lowest BCUT2D eigenvalue weighted by Gasteiger charge is -2.14. The van der Waals surface area contributed by atoms with Gasteiger partial charge in [-0.3, -0.25) is 0 Å². The third-order valence-electron chi connectivity index (χ3n) is 3.11. The summed E-state index contributed by atoms with van der Waals surface area (Å²) >= 11 is 1.37. The highest BCUT2D eigenvalue weighted by Gasteiger charge is 2.14. The molecule has 0 spiro atoms. The molecule has 92 valence electrons. The van der Waals surface area contributed by atoms with Gasteiger partial charge in [-0.15, -0.1) is 11.3 Å². The van der Waals surface area contributed by atoms with Crippen molar-refractivity contribution in [3.8, 4) is 23.1 Å². The highest BCUT2D eigenvalue weighted by atomic mass is 32.1. The summed E-state index contributed by atoms with van der Waals surface area (Å²) in [6.45, 7) is 6.12. The molecular formula is C14H14N2OS. The van der Waals surface area contributed by atoms with E-state index in [9.17, 15) is 0 Å². The normalized spacial score (nSPS) is 10.2. The van der Waals surface area contributed by atoms with E-state index in [1.54, 1.807) is 7.11 Å². The largest absolute Gasteiger partial charge is 0.496 e. The third-order valence-corrected chi connectivity index (χ3v) is 3.85. The maximum Gasteiger partial charge on any atom is 0.194 e. The van der Waals surface area contributed by atoms with Gasteiger partial charge in [0.15, 0.2) is 5.01 Å². The summed E-state index contributed by atoms with van der Waals surface area (Å²) in [7, 11) is 1.69. The molecule has 0 amide bonds. The minimum atomic E-state index is 0.496. The summed E-state index contributed by atoms with van der Waals surface area (Å²) in [6.07, 6.45) is 0. The molecule has 0 aliphatic heterocycles. The van der Waals surface area contributed by atoms with Crippen molar-refractivity contribution < 1.29 is 4.74 Å². The standard InChI is InChI=1S/C14H14N2OS/c1-8-5-11(9(2)10(3)14(8)17-4)12-7-18-13(6-15)16-12/h5,7H,1-4H3. The molecule has 0 unspecified atom stereocenters. The van der Waals surface area contributed by atoms with Crippen LogP contribution in [0.5, 0.6) is 5.75 Å². The molecule has 0 saturated heterocycles. The van der Waals surface area contributed by atoms with Crippen LogP contribution < -0.4 is 4.74 Å². The Morgan fingerprint density at radius 3 is 2.56 bits per heavy atom. The molecule has 0 bridgehead atoms. The van der Waals surface area contributed by atoms with Crippen LogP contribution in [-0.2, 0) is 0 Å². The van der Waals surface area contributed by atoms with Crippen LogP contribution >= 0.6 is 11.3 Å². The van der Waals surface area contributed by atoms with Crippen molar-refractivity contribution >= 4 is 11.3 Å². The van der Waals surface area contributed by atoms with Gasteiger partial charge in [0.2, 0.25) is 0 Å². The molecule has 0 radical (unpaired) electrons. The van der Waals surface area contributed by atoms with Crippen LogP contribution in [0.1, 0.15) is 21.7 Å². The Labute approximate surface area is 111 Å². The summed E-state index contributed by atoms with van der Waals surface area (Å²) in [5.74, 6) is 0.923. The van der Waals surface area contributed by atoms with Gasteiger partial charge in [-0.25, -0.2) is 4.98 Å². The molecule has 0 atom stereocenters. The first-order valence-electron chi connectivity index (χ1n) is 5.59. The van der Waals surface area contributed by atoms with Gasteiger partial charge >= 0.3 is 0 Å². The molecule has 0 aliphatic rings. The lowest BCUT2D eigenvalue weighted by atomic mass is 9.97. The first-order valence-corrected chi connectivity index (χ1v) is 6.47. The van der Waals surface area contributed by atoms with Gasteiger partial charge in [0.1, 0.15) is 11.8 Å². The molecule has 2 rings (SSSR count). The number of thiazole rings is 1. The first kappa shape index (κ1) is 12.6. The van der Waals surface area contributed by atoms with Gasteiger partial charge in [0.25, 0.3) is 0 Å². The second kappa shape index (κ2) is 4.79. The quantitative estimate of drug-likeness (QED) is 0.826. The van der Waals surface area contributed by atoms with Crippen molar-refractivity contribution in [2.45, 2.75) is 20.8 Å². The lowest BCUT2D eigenvalue weighted by molar-refractivity contribution is 0.408. The highest BCUT2D eigenvalue weighted by molar-refractivity contribution is 7.10. The van der Waals surface area contributed by atoms with Gasteiger partial charge in [0.05, 0.1) is 12.8 Å². The van der Waals surface area contributed by atoms with Gasteiger partial charge in [-0.1, -0.05) is 0 Å². The Hall–Kier alpha value is -1.86. The fraction of sp³-hybridized carbons (Fsp3) is 0.286. The summed E-state index contributed by atoms with van der Waals surface area (Å²) < 4.78 is 5.40. The number of benzene rings is 1. The third kappa shape index (κ3) is 1.98. The topological polar surface area (TPSA) is 45.9 Å². The number of hydrogen-bond acceptors (Lipinski definition) is 4. The van der Waals surface area contributed by atoms with Gasteiger partial charge < -0.3 is 4.74 Å². The van der Waals surface area contributed by atoms with Crippen molar-refractivity contribution in [1.29, 1.82) is 5.26 Å². The van der Waals surface area contributed by atoms with Crippen molar-refractivity contribution in [2.24, 2.45) is 0 Å². The maximum atomic E-state index is 8.84. The fourth-order valence-corrected chi connectivity index (χ4v) is 2.69. The zero-order valence-electron chi connectivity index (χ0n) is 10.9. The van der Waals surface area contributed by atoms with Crippen molar-refractivity contribution in [2.75, 3.05) is 7.11 Å². The lowest BCUT2D eigenvalue weighted by Crippen LogP contribution is -1.96. The average Bonchev–Trinajstić information content (AvgIpc) is 2.83. The Morgan fingerprint density at radius 2 is 2.00 bits per heavy atom. The Morgan fingerprint density at radius 1 is 1.28 bits per heavy atom. The number of hydrogen-bond donors (Lipinski definition) is 0. The molecule has 1 heterocycles. The SMILES string of the molecule is COc1c(C)cc(-c2csc(C#N)n2)c(C)c1C. The van der Waals surface area contributed by atoms with Crippen LogP contribution in [0.4, 0.5) is 0 Å². The number of methoxy groups -OCH3 is 1. The summed E-state index contributed by atoms with van der Waals surface area (Å²) in [5.41, 5.74) is 5.29. The van der Waals surface area contributed by atoms with Gasteiger partial charge in [-0.2, -0.15) is 5.26 Å². The number of ether oxygens (including phenoxy) is 1. The molecule has 18 heavy (non-hydrogen) atoms.